The molecule has 0 radical (unpaired) electrons. The number of carbonyl (C=O) groups excluding carboxylic acids is 1. The van der Waals surface area contributed by atoms with Gasteiger partial charge < -0.3 is 10.6 Å². The zero-order valence-electron chi connectivity index (χ0n) is 10.7. The predicted octanol–water partition coefficient (Wildman–Crippen LogP) is 2.63. The summed E-state index contributed by atoms with van der Waals surface area (Å²) in [5.74, 6) is 0.0128. The number of nitrogens with zero attached hydrogens (tertiary/aromatic N) is 2. The summed E-state index contributed by atoms with van der Waals surface area (Å²) in [6.45, 7) is 2.59. The molecular formula is C14H15N3OS. The SMILES string of the molecule is Cc1nc(N)sc1C(=O)N1CCCc2ccccc21. The minimum Gasteiger partial charge on any atom is -0.375 e. The van der Waals surface area contributed by atoms with Gasteiger partial charge in [-0.15, -0.1) is 0 Å². The number of nitrogen functional groups attached to an aromatic ring is 1. The standard InChI is InChI=1S/C14H15N3OS/c1-9-12(19-14(15)16-9)13(18)17-8-4-6-10-5-2-3-7-11(10)17/h2-3,5,7H,4,6,8H2,1H3,(H2,15,16). The largest absolute Gasteiger partial charge is 0.375 e. The molecule has 1 aromatic heterocycles. The van der Waals surface area contributed by atoms with Gasteiger partial charge in [0.1, 0.15) is 4.88 Å². The molecule has 0 atom stereocenters. The van der Waals surface area contributed by atoms with Gasteiger partial charge in [-0.05, 0) is 31.4 Å². The smallest absolute Gasteiger partial charge is 0.270 e. The Morgan fingerprint density at radius 3 is 2.95 bits per heavy atom. The first-order valence-corrected chi connectivity index (χ1v) is 7.11. The second-order valence-electron chi connectivity index (χ2n) is 4.66. The van der Waals surface area contributed by atoms with E-state index < -0.39 is 0 Å². The number of aromatic nitrogens is 1. The van der Waals surface area contributed by atoms with E-state index in [1.807, 2.05) is 30.0 Å². The van der Waals surface area contributed by atoms with Gasteiger partial charge in [0, 0.05) is 12.2 Å². The molecule has 1 amide bonds. The van der Waals surface area contributed by atoms with Crippen LogP contribution in [0.4, 0.5) is 10.8 Å². The van der Waals surface area contributed by atoms with E-state index in [4.69, 9.17) is 5.73 Å². The summed E-state index contributed by atoms with van der Waals surface area (Å²) in [6.07, 6.45) is 2.03. The van der Waals surface area contributed by atoms with Crippen LogP contribution in [0.3, 0.4) is 0 Å². The van der Waals surface area contributed by atoms with E-state index in [9.17, 15) is 4.79 Å². The predicted molar refractivity (Wildman–Crippen MR) is 77.7 cm³/mol. The van der Waals surface area contributed by atoms with Crippen molar-refractivity contribution >= 4 is 28.1 Å². The second kappa shape index (κ2) is 4.66. The molecule has 1 aromatic carbocycles. The number of hydrogen-bond acceptors (Lipinski definition) is 4. The van der Waals surface area contributed by atoms with Gasteiger partial charge in [-0.3, -0.25) is 4.79 Å². The topological polar surface area (TPSA) is 59.2 Å². The molecule has 2 N–H and O–H groups in total. The number of anilines is 2. The van der Waals surface area contributed by atoms with Crippen LogP contribution in [0, 0.1) is 6.92 Å². The number of aryl methyl sites for hydroxylation is 2. The lowest BCUT2D eigenvalue weighted by Gasteiger charge is -2.29. The van der Waals surface area contributed by atoms with Crippen molar-refractivity contribution in [1.29, 1.82) is 0 Å². The van der Waals surface area contributed by atoms with E-state index in [1.165, 1.54) is 16.9 Å². The first-order chi connectivity index (χ1) is 9.16. The maximum Gasteiger partial charge on any atom is 0.270 e. The van der Waals surface area contributed by atoms with E-state index in [0.717, 1.165) is 30.8 Å². The third kappa shape index (κ3) is 2.10. The maximum absolute atomic E-state index is 12.6. The lowest BCUT2D eigenvalue weighted by Crippen LogP contribution is -2.35. The summed E-state index contributed by atoms with van der Waals surface area (Å²) in [7, 11) is 0. The maximum atomic E-state index is 12.6. The van der Waals surface area contributed by atoms with Crippen LogP contribution in [0.5, 0.6) is 0 Å². The fourth-order valence-corrected chi connectivity index (χ4v) is 3.27. The van der Waals surface area contributed by atoms with Gasteiger partial charge in [-0.1, -0.05) is 29.5 Å². The Morgan fingerprint density at radius 1 is 1.42 bits per heavy atom. The number of amides is 1. The Balaban J connectivity index is 2.00. The van der Waals surface area contributed by atoms with Crippen LogP contribution in [0.2, 0.25) is 0 Å². The van der Waals surface area contributed by atoms with Crippen LogP contribution >= 0.6 is 11.3 Å². The molecule has 0 unspecified atom stereocenters. The summed E-state index contributed by atoms with van der Waals surface area (Å²) >= 11 is 1.27. The fourth-order valence-electron chi connectivity index (χ4n) is 2.48. The van der Waals surface area contributed by atoms with E-state index in [0.29, 0.717) is 10.0 Å². The van der Waals surface area contributed by atoms with Crippen molar-refractivity contribution in [2.45, 2.75) is 19.8 Å². The molecule has 98 valence electrons. The van der Waals surface area contributed by atoms with Gasteiger partial charge in [0.2, 0.25) is 0 Å². The van der Waals surface area contributed by atoms with E-state index >= 15 is 0 Å². The Morgan fingerprint density at radius 2 is 2.21 bits per heavy atom. The molecular weight excluding hydrogens is 258 g/mol. The third-order valence-corrected chi connectivity index (χ3v) is 4.34. The molecule has 2 heterocycles. The molecule has 0 saturated carbocycles. The first-order valence-electron chi connectivity index (χ1n) is 6.29. The number of carbonyl (C=O) groups is 1. The van der Waals surface area contributed by atoms with Crippen LogP contribution in [-0.4, -0.2) is 17.4 Å². The molecule has 3 rings (SSSR count). The molecule has 0 spiro atoms. The number of thiazole rings is 1. The van der Waals surface area contributed by atoms with Gasteiger partial charge in [-0.2, -0.15) is 0 Å². The van der Waals surface area contributed by atoms with Crippen LogP contribution in [0.1, 0.15) is 27.3 Å². The Labute approximate surface area is 115 Å². The van der Waals surface area contributed by atoms with Crippen molar-refractivity contribution < 1.29 is 4.79 Å². The lowest BCUT2D eigenvalue weighted by atomic mass is 10.0. The van der Waals surface area contributed by atoms with Crippen LogP contribution < -0.4 is 10.6 Å². The van der Waals surface area contributed by atoms with Gasteiger partial charge >= 0.3 is 0 Å². The van der Waals surface area contributed by atoms with Crippen molar-refractivity contribution in [3.63, 3.8) is 0 Å². The highest BCUT2D eigenvalue weighted by atomic mass is 32.1. The van der Waals surface area contributed by atoms with Crippen molar-refractivity contribution in [1.82, 2.24) is 4.98 Å². The molecule has 0 aliphatic carbocycles. The molecule has 1 aliphatic heterocycles. The van der Waals surface area contributed by atoms with Crippen molar-refractivity contribution in [2.24, 2.45) is 0 Å². The molecule has 19 heavy (non-hydrogen) atoms. The fraction of sp³-hybridized carbons (Fsp3) is 0.286. The van der Waals surface area contributed by atoms with Gasteiger partial charge in [0.25, 0.3) is 5.91 Å². The number of hydrogen-bond donors (Lipinski definition) is 1. The van der Waals surface area contributed by atoms with Gasteiger partial charge in [0.05, 0.1) is 5.69 Å². The monoisotopic (exact) mass is 273 g/mol. The summed E-state index contributed by atoms with van der Waals surface area (Å²) in [5, 5.41) is 0.450. The number of nitrogens with two attached hydrogens (primary N) is 1. The van der Waals surface area contributed by atoms with Crippen molar-refractivity contribution in [3.05, 3.63) is 40.4 Å². The highest BCUT2D eigenvalue weighted by Gasteiger charge is 2.26. The molecule has 0 bridgehead atoms. The van der Waals surface area contributed by atoms with E-state index in [-0.39, 0.29) is 5.91 Å². The summed E-state index contributed by atoms with van der Waals surface area (Å²) < 4.78 is 0. The normalized spacial score (nSPS) is 14.3. The first kappa shape index (κ1) is 12.2. The summed E-state index contributed by atoms with van der Waals surface area (Å²) in [5.41, 5.74) is 8.65. The van der Waals surface area contributed by atoms with Gasteiger partial charge in [-0.25, -0.2) is 4.98 Å². The van der Waals surface area contributed by atoms with E-state index in [1.54, 1.807) is 0 Å². The minimum atomic E-state index is 0.0128. The number of benzene rings is 1. The number of rotatable bonds is 1. The Bertz CT molecular complexity index is 635. The van der Waals surface area contributed by atoms with E-state index in [2.05, 4.69) is 11.1 Å². The molecule has 1 aliphatic rings. The quantitative estimate of drug-likeness (QED) is 0.869. The third-order valence-electron chi connectivity index (χ3n) is 3.36. The Kier molecular flexibility index (Phi) is 2.98. The number of fused-ring (bicyclic) bond motifs is 1. The second-order valence-corrected chi connectivity index (χ2v) is 5.69. The molecule has 0 fully saturated rings. The van der Waals surface area contributed by atoms with Crippen molar-refractivity contribution in [2.75, 3.05) is 17.2 Å². The van der Waals surface area contributed by atoms with Gasteiger partial charge in [0.15, 0.2) is 5.13 Å². The average Bonchev–Trinajstić information content (AvgIpc) is 2.76. The average molecular weight is 273 g/mol. The molecule has 4 nitrogen and oxygen atoms in total. The molecule has 2 aromatic rings. The van der Waals surface area contributed by atoms with Crippen LogP contribution in [0.15, 0.2) is 24.3 Å². The van der Waals surface area contributed by atoms with Crippen LogP contribution in [-0.2, 0) is 6.42 Å². The minimum absolute atomic E-state index is 0.0128. The molecule has 5 heteroatoms. The zero-order chi connectivity index (χ0) is 13.4. The molecule has 0 saturated heterocycles. The number of para-hydroxylation sites is 1. The Hall–Kier alpha value is -1.88. The van der Waals surface area contributed by atoms with Crippen molar-refractivity contribution in [3.8, 4) is 0 Å². The van der Waals surface area contributed by atoms with Crippen LogP contribution in [0.25, 0.3) is 0 Å². The highest BCUT2D eigenvalue weighted by molar-refractivity contribution is 7.17. The summed E-state index contributed by atoms with van der Waals surface area (Å²) in [4.78, 5) is 19.3. The zero-order valence-corrected chi connectivity index (χ0v) is 11.5. The summed E-state index contributed by atoms with van der Waals surface area (Å²) in [6, 6.07) is 8.08. The highest BCUT2D eigenvalue weighted by Crippen LogP contribution is 2.30. The lowest BCUT2D eigenvalue weighted by molar-refractivity contribution is 0.0988.